The molecule has 1 aliphatic carbocycles. The molecular formula is C19H16ClN3O6S. The van der Waals surface area contributed by atoms with Crippen LogP contribution < -0.4 is 5.32 Å². The Morgan fingerprint density at radius 2 is 1.83 bits per heavy atom. The Morgan fingerprint density at radius 1 is 1.13 bits per heavy atom. The summed E-state index contributed by atoms with van der Waals surface area (Å²) >= 11 is 8.07. The maximum atomic E-state index is 11.6. The van der Waals surface area contributed by atoms with Crippen molar-refractivity contribution in [3.8, 4) is 0 Å². The van der Waals surface area contributed by atoms with Crippen LogP contribution in [0.4, 0.5) is 17.1 Å². The van der Waals surface area contributed by atoms with Crippen LogP contribution in [-0.4, -0.2) is 38.1 Å². The van der Waals surface area contributed by atoms with Crippen LogP contribution in [0.5, 0.6) is 0 Å². The van der Waals surface area contributed by atoms with Gasteiger partial charge < -0.3 is 10.4 Å². The number of nitrogens with zero attached hydrogens (tertiary/aromatic N) is 2. The minimum atomic E-state index is -1.18. The number of anilines is 1. The molecular weight excluding hydrogens is 434 g/mol. The van der Waals surface area contributed by atoms with Crippen molar-refractivity contribution < 1.29 is 19.7 Å². The van der Waals surface area contributed by atoms with Gasteiger partial charge in [0.1, 0.15) is 0 Å². The van der Waals surface area contributed by atoms with Gasteiger partial charge in [0.15, 0.2) is 0 Å². The van der Waals surface area contributed by atoms with Crippen molar-refractivity contribution in [3.63, 3.8) is 0 Å². The van der Waals surface area contributed by atoms with Gasteiger partial charge >= 0.3 is 5.97 Å². The lowest BCUT2D eigenvalue weighted by atomic mass is 9.82. The van der Waals surface area contributed by atoms with Crippen molar-refractivity contribution in [2.24, 2.45) is 5.92 Å². The van der Waals surface area contributed by atoms with Gasteiger partial charge in [-0.3, -0.25) is 20.2 Å². The van der Waals surface area contributed by atoms with Crippen molar-refractivity contribution in [2.45, 2.75) is 27.9 Å². The third kappa shape index (κ3) is 3.35. The predicted octanol–water partition coefficient (Wildman–Crippen LogP) is 4.50. The average Bonchev–Trinajstić information content (AvgIpc) is 3.02. The average molecular weight is 450 g/mol. The number of benzene rings is 2. The molecule has 2 aromatic rings. The van der Waals surface area contributed by atoms with Crippen LogP contribution in [0.15, 0.2) is 41.3 Å². The zero-order valence-electron chi connectivity index (χ0n) is 15.4. The maximum Gasteiger partial charge on any atom is 0.337 e. The molecule has 1 fully saturated rings. The number of aromatic carboxylic acids is 1. The number of hydrogen-bond acceptors (Lipinski definition) is 7. The molecule has 1 saturated carbocycles. The molecule has 2 aliphatic rings. The number of fused-ring (bicyclic) bond motifs is 3. The standard InChI is InChI=1S/C19H16ClN3O6S/c20-17-14(30-13-4-2-1-3-11(13)22(26)27)7-9-8-21-18-10(19(24)25)5-6-12(23(28)29)16(18)15(9)17/h1-6,9,14-15,17,21H,7-8H2,(H,24,25). The molecule has 0 spiro atoms. The molecule has 2 aromatic carbocycles. The Morgan fingerprint density at radius 3 is 2.50 bits per heavy atom. The fraction of sp³-hybridized carbons (Fsp3) is 0.316. The van der Waals surface area contributed by atoms with Crippen molar-refractivity contribution in [1.82, 2.24) is 0 Å². The molecule has 0 saturated heterocycles. The lowest BCUT2D eigenvalue weighted by Gasteiger charge is -2.31. The zero-order valence-corrected chi connectivity index (χ0v) is 16.9. The number of alkyl halides is 1. The Labute approximate surface area is 179 Å². The van der Waals surface area contributed by atoms with E-state index in [9.17, 15) is 30.1 Å². The number of rotatable bonds is 5. The summed E-state index contributed by atoms with van der Waals surface area (Å²) in [5.74, 6) is -1.66. The van der Waals surface area contributed by atoms with Gasteiger partial charge in [-0.25, -0.2) is 4.79 Å². The van der Waals surface area contributed by atoms with Crippen LogP contribution in [0.25, 0.3) is 0 Å². The van der Waals surface area contributed by atoms with E-state index in [0.717, 1.165) is 0 Å². The molecule has 1 heterocycles. The van der Waals surface area contributed by atoms with Gasteiger partial charge in [-0.2, -0.15) is 0 Å². The minimum absolute atomic E-state index is 0.0149. The summed E-state index contributed by atoms with van der Waals surface area (Å²) in [6.45, 7) is 0.427. The molecule has 2 N–H and O–H groups in total. The third-order valence-electron chi connectivity index (χ3n) is 5.61. The molecule has 4 atom stereocenters. The summed E-state index contributed by atoms with van der Waals surface area (Å²) in [6.07, 6.45) is 0.594. The lowest BCUT2D eigenvalue weighted by molar-refractivity contribution is -0.387. The normalized spacial score (nSPS) is 24.4. The highest BCUT2D eigenvalue weighted by molar-refractivity contribution is 8.00. The van der Waals surface area contributed by atoms with E-state index in [1.54, 1.807) is 18.2 Å². The van der Waals surface area contributed by atoms with E-state index < -0.39 is 27.1 Å². The number of para-hydroxylation sites is 1. The highest BCUT2D eigenvalue weighted by Crippen LogP contribution is 2.55. The molecule has 11 heteroatoms. The third-order valence-corrected chi connectivity index (χ3v) is 7.72. The first-order valence-electron chi connectivity index (χ1n) is 9.12. The van der Waals surface area contributed by atoms with Gasteiger partial charge in [0.05, 0.1) is 36.9 Å². The number of nitro benzene ring substituents is 2. The zero-order chi connectivity index (χ0) is 21.6. The number of nitro groups is 2. The first kappa shape index (κ1) is 20.4. The first-order chi connectivity index (χ1) is 14.3. The monoisotopic (exact) mass is 449 g/mol. The first-order valence-corrected chi connectivity index (χ1v) is 10.4. The SMILES string of the molecule is O=C(O)c1ccc([N+](=O)[O-])c2c1NCC1CC(Sc3ccccc3[N+](=O)[O-])C(Cl)C21. The van der Waals surface area contributed by atoms with Gasteiger partial charge in [0.2, 0.25) is 0 Å². The Balaban J connectivity index is 1.73. The van der Waals surface area contributed by atoms with E-state index in [2.05, 4.69) is 5.32 Å². The summed E-state index contributed by atoms with van der Waals surface area (Å²) in [6, 6.07) is 8.82. The molecule has 0 bridgehead atoms. The molecule has 0 amide bonds. The quantitative estimate of drug-likeness (QED) is 0.387. The van der Waals surface area contributed by atoms with Crippen LogP contribution >= 0.6 is 23.4 Å². The van der Waals surface area contributed by atoms with Crippen LogP contribution in [0.3, 0.4) is 0 Å². The smallest absolute Gasteiger partial charge is 0.337 e. The molecule has 1 aliphatic heterocycles. The van der Waals surface area contributed by atoms with E-state index >= 15 is 0 Å². The number of hydrogen-bond donors (Lipinski definition) is 2. The Hall–Kier alpha value is -2.85. The van der Waals surface area contributed by atoms with E-state index in [1.807, 2.05) is 0 Å². The van der Waals surface area contributed by atoms with Gasteiger partial charge in [0, 0.05) is 29.8 Å². The van der Waals surface area contributed by atoms with Crippen molar-refractivity contribution in [3.05, 3.63) is 67.8 Å². The lowest BCUT2D eigenvalue weighted by Crippen LogP contribution is -2.29. The maximum absolute atomic E-state index is 11.6. The fourth-order valence-corrected chi connectivity index (χ4v) is 6.34. The van der Waals surface area contributed by atoms with Crippen molar-refractivity contribution in [1.29, 1.82) is 0 Å². The molecule has 30 heavy (non-hydrogen) atoms. The molecule has 0 radical (unpaired) electrons. The van der Waals surface area contributed by atoms with Crippen LogP contribution in [0.1, 0.15) is 28.3 Å². The highest BCUT2D eigenvalue weighted by Gasteiger charge is 2.49. The topological polar surface area (TPSA) is 136 Å². The Bertz CT molecular complexity index is 1060. The second-order valence-corrected chi connectivity index (χ2v) is 9.00. The van der Waals surface area contributed by atoms with Gasteiger partial charge in [-0.05, 0) is 24.5 Å². The predicted molar refractivity (Wildman–Crippen MR) is 112 cm³/mol. The van der Waals surface area contributed by atoms with E-state index in [1.165, 1.54) is 30.0 Å². The number of halogens is 1. The van der Waals surface area contributed by atoms with Gasteiger partial charge in [-0.1, -0.05) is 12.1 Å². The summed E-state index contributed by atoms with van der Waals surface area (Å²) < 4.78 is 0. The van der Waals surface area contributed by atoms with E-state index in [4.69, 9.17) is 11.6 Å². The van der Waals surface area contributed by atoms with Gasteiger partial charge in [0.25, 0.3) is 11.4 Å². The van der Waals surface area contributed by atoms with Crippen LogP contribution in [0.2, 0.25) is 0 Å². The number of thioether (sulfide) groups is 1. The molecule has 4 unspecified atom stereocenters. The van der Waals surface area contributed by atoms with Crippen molar-refractivity contribution in [2.75, 3.05) is 11.9 Å². The largest absolute Gasteiger partial charge is 0.478 e. The second kappa shape index (κ2) is 7.77. The molecule has 4 rings (SSSR count). The summed E-state index contributed by atoms with van der Waals surface area (Å²) in [7, 11) is 0. The fourth-order valence-electron chi connectivity index (χ4n) is 4.36. The van der Waals surface area contributed by atoms with E-state index in [-0.39, 0.29) is 33.8 Å². The van der Waals surface area contributed by atoms with Gasteiger partial charge in [-0.15, -0.1) is 23.4 Å². The summed E-state index contributed by atoms with van der Waals surface area (Å²) in [4.78, 5) is 34.1. The number of carboxylic acid groups (broad SMARTS) is 1. The second-order valence-electron chi connectivity index (χ2n) is 7.21. The number of carbonyl (C=O) groups is 1. The highest BCUT2D eigenvalue weighted by atomic mass is 35.5. The molecule has 0 aromatic heterocycles. The van der Waals surface area contributed by atoms with Crippen LogP contribution in [0, 0.1) is 26.1 Å². The van der Waals surface area contributed by atoms with Crippen LogP contribution in [-0.2, 0) is 0 Å². The molecule has 9 nitrogen and oxygen atoms in total. The van der Waals surface area contributed by atoms with E-state index in [0.29, 0.717) is 23.4 Å². The van der Waals surface area contributed by atoms with Crippen molar-refractivity contribution >= 4 is 46.4 Å². The number of nitrogens with one attached hydrogen (secondary N) is 1. The Kier molecular flexibility index (Phi) is 5.29. The summed E-state index contributed by atoms with van der Waals surface area (Å²) in [5.41, 5.74) is 0.326. The number of carboxylic acids is 1. The molecule has 156 valence electrons. The summed E-state index contributed by atoms with van der Waals surface area (Å²) in [5, 5.41) is 34.8. The minimum Gasteiger partial charge on any atom is -0.478 e.